The van der Waals surface area contributed by atoms with E-state index in [1.807, 2.05) is 0 Å². The molecule has 1 fully saturated rings. The van der Waals surface area contributed by atoms with Crippen molar-refractivity contribution in [3.05, 3.63) is 35.5 Å². The molecular formula is C14H18N4O2S. The van der Waals surface area contributed by atoms with E-state index in [4.69, 9.17) is 5.14 Å². The third-order valence-corrected chi connectivity index (χ3v) is 5.30. The van der Waals surface area contributed by atoms with Crippen LogP contribution < -0.4 is 15.2 Å². The Hall–Kier alpha value is -1.41. The molecule has 1 aromatic carbocycles. The van der Waals surface area contributed by atoms with Gasteiger partial charge in [0, 0.05) is 41.6 Å². The number of hydrogen-bond acceptors (Lipinski definition) is 3. The Bertz CT molecular complexity index is 798. The van der Waals surface area contributed by atoms with Crippen molar-refractivity contribution < 1.29 is 8.42 Å². The van der Waals surface area contributed by atoms with Crippen LogP contribution in [-0.4, -0.2) is 32.0 Å². The predicted molar refractivity (Wildman–Crippen MR) is 81.2 cm³/mol. The Morgan fingerprint density at radius 2 is 2.19 bits per heavy atom. The third-order valence-electron chi connectivity index (χ3n) is 4.64. The SMILES string of the molecule is NS(=O)(=O)N[C@@H]1CN[C@@H]2Cc3c[nH]c4cccc(c34)C2C1. The maximum atomic E-state index is 11.2. The van der Waals surface area contributed by atoms with E-state index < -0.39 is 10.2 Å². The highest BCUT2D eigenvalue weighted by Crippen LogP contribution is 2.40. The zero-order valence-electron chi connectivity index (χ0n) is 11.5. The van der Waals surface area contributed by atoms with Gasteiger partial charge in [-0.2, -0.15) is 13.1 Å². The van der Waals surface area contributed by atoms with Crippen molar-refractivity contribution in [2.75, 3.05) is 6.54 Å². The summed E-state index contributed by atoms with van der Waals surface area (Å²) in [6.07, 6.45) is 3.84. The minimum atomic E-state index is -3.66. The molecular weight excluding hydrogens is 288 g/mol. The summed E-state index contributed by atoms with van der Waals surface area (Å²) in [5.41, 5.74) is 3.79. The monoisotopic (exact) mass is 306 g/mol. The molecule has 1 aliphatic heterocycles. The van der Waals surface area contributed by atoms with E-state index in [1.165, 1.54) is 16.5 Å². The van der Waals surface area contributed by atoms with Crippen LogP contribution in [0.3, 0.4) is 0 Å². The molecule has 0 radical (unpaired) electrons. The van der Waals surface area contributed by atoms with E-state index in [0.717, 1.165) is 18.4 Å². The van der Waals surface area contributed by atoms with E-state index in [2.05, 4.69) is 39.4 Å². The lowest BCUT2D eigenvalue weighted by Crippen LogP contribution is -2.55. The molecule has 7 heteroatoms. The third kappa shape index (κ3) is 2.26. The summed E-state index contributed by atoms with van der Waals surface area (Å²) in [5.74, 6) is 0.310. The van der Waals surface area contributed by atoms with Gasteiger partial charge in [0.1, 0.15) is 0 Å². The van der Waals surface area contributed by atoms with Gasteiger partial charge < -0.3 is 10.3 Å². The highest BCUT2D eigenvalue weighted by atomic mass is 32.2. The van der Waals surface area contributed by atoms with Crippen LogP contribution in [0.4, 0.5) is 0 Å². The summed E-state index contributed by atoms with van der Waals surface area (Å²) in [6.45, 7) is 0.618. The van der Waals surface area contributed by atoms with Crippen LogP contribution in [0.25, 0.3) is 10.9 Å². The molecule has 3 atom stereocenters. The molecule has 1 saturated heterocycles. The van der Waals surface area contributed by atoms with Gasteiger partial charge in [-0.15, -0.1) is 0 Å². The van der Waals surface area contributed by atoms with Gasteiger partial charge in [-0.25, -0.2) is 5.14 Å². The smallest absolute Gasteiger partial charge is 0.274 e. The Balaban J connectivity index is 1.71. The Morgan fingerprint density at radius 3 is 3.00 bits per heavy atom. The topological polar surface area (TPSA) is 100 Å². The van der Waals surface area contributed by atoms with E-state index in [0.29, 0.717) is 18.5 Å². The normalized spacial score (nSPS) is 28.5. The number of fused-ring (bicyclic) bond motifs is 2. The molecule has 21 heavy (non-hydrogen) atoms. The summed E-state index contributed by atoms with van der Waals surface area (Å²) in [7, 11) is -3.66. The summed E-state index contributed by atoms with van der Waals surface area (Å²) < 4.78 is 25.0. The maximum Gasteiger partial charge on any atom is 0.274 e. The number of piperidine rings is 1. The standard InChI is InChI=1S/C14H18N4O2S/c15-21(19,20)18-9-5-11-10-2-1-3-12-14(10)8(6-16-12)4-13(11)17-7-9/h1-3,6,9,11,13,16-18H,4-5,7H2,(H2,15,19,20)/t9-,11?,13+/m0/s1. The van der Waals surface area contributed by atoms with Crippen LogP contribution in [0.5, 0.6) is 0 Å². The Labute approximate surface area is 123 Å². The second-order valence-corrected chi connectivity index (χ2v) is 7.33. The van der Waals surface area contributed by atoms with Crippen LogP contribution in [0.15, 0.2) is 24.4 Å². The highest BCUT2D eigenvalue weighted by Gasteiger charge is 2.36. The number of H-pyrrole nitrogens is 1. The number of nitrogens with two attached hydrogens (primary N) is 1. The molecule has 5 N–H and O–H groups in total. The fourth-order valence-electron chi connectivity index (χ4n) is 3.86. The van der Waals surface area contributed by atoms with Crippen LogP contribution in [0, 0.1) is 0 Å². The fraction of sp³-hybridized carbons (Fsp3) is 0.429. The average molecular weight is 306 g/mol. The summed E-state index contributed by atoms with van der Waals surface area (Å²) >= 11 is 0. The van der Waals surface area contributed by atoms with Crippen LogP contribution in [0.2, 0.25) is 0 Å². The molecule has 2 heterocycles. The van der Waals surface area contributed by atoms with Crippen molar-refractivity contribution in [2.45, 2.75) is 30.8 Å². The Kier molecular flexibility index (Phi) is 2.87. The second-order valence-electron chi connectivity index (χ2n) is 6.00. The number of hydrogen-bond donors (Lipinski definition) is 4. The molecule has 0 bridgehead atoms. The first-order valence-electron chi connectivity index (χ1n) is 7.13. The predicted octanol–water partition coefficient (Wildman–Crippen LogP) is 0.331. The van der Waals surface area contributed by atoms with Gasteiger partial charge >= 0.3 is 0 Å². The molecule has 1 aromatic heterocycles. The minimum Gasteiger partial charge on any atom is -0.361 e. The van der Waals surface area contributed by atoms with Crippen molar-refractivity contribution in [3.8, 4) is 0 Å². The summed E-state index contributed by atoms with van der Waals surface area (Å²) in [5, 5.41) is 9.87. The van der Waals surface area contributed by atoms with Crippen molar-refractivity contribution in [3.63, 3.8) is 0 Å². The number of benzene rings is 1. The zero-order valence-corrected chi connectivity index (χ0v) is 12.3. The lowest BCUT2D eigenvalue weighted by molar-refractivity contribution is 0.304. The van der Waals surface area contributed by atoms with Gasteiger partial charge in [0.25, 0.3) is 10.2 Å². The van der Waals surface area contributed by atoms with Crippen molar-refractivity contribution in [1.82, 2.24) is 15.0 Å². The first-order valence-corrected chi connectivity index (χ1v) is 8.68. The van der Waals surface area contributed by atoms with E-state index in [1.54, 1.807) is 0 Å². The number of rotatable bonds is 2. The molecule has 1 unspecified atom stereocenters. The second kappa shape index (κ2) is 4.54. The van der Waals surface area contributed by atoms with Gasteiger partial charge in [0.05, 0.1) is 0 Å². The summed E-state index contributed by atoms with van der Waals surface area (Å²) in [6, 6.07) is 6.49. The molecule has 2 aliphatic rings. The van der Waals surface area contributed by atoms with Gasteiger partial charge in [-0.05, 0) is 30.0 Å². The molecule has 0 spiro atoms. The molecule has 0 amide bonds. The molecule has 1 aliphatic carbocycles. The maximum absolute atomic E-state index is 11.2. The quantitative estimate of drug-likeness (QED) is 0.643. The number of aromatic amines is 1. The molecule has 4 rings (SSSR count). The first kappa shape index (κ1) is 13.3. The minimum absolute atomic E-state index is 0.156. The van der Waals surface area contributed by atoms with E-state index >= 15 is 0 Å². The Morgan fingerprint density at radius 1 is 1.33 bits per heavy atom. The van der Waals surface area contributed by atoms with Gasteiger partial charge in [0.15, 0.2) is 0 Å². The molecule has 112 valence electrons. The van der Waals surface area contributed by atoms with Crippen LogP contribution >= 0.6 is 0 Å². The van der Waals surface area contributed by atoms with Crippen molar-refractivity contribution in [1.29, 1.82) is 0 Å². The summed E-state index contributed by atoms with van der Waals surface area (Å²) in [4.78, 5) is 3.32. The number of nitrogens with one attached hydrogen (secondary N) is 3. The van der Waals surface area contributed by atoms with Crippen molar-refractivity contribution in [2.24, 2.45) is 5.14 Å². The highest BCUT2D eigenvalue weighted by molar-refractivity contribution is 7.87. The molecule has 6 nitrogen and oxygen atoms in total. The van der Waals surface area contributed by atoms with Gasteiger partial charge in [0.2, 0.25) is 0 Å². The van der Waals surface area contributed by atoms with Crippen LogP contribution in [-0.2, 0) is 16.6 Å². The van der Waals surface area contributed by atoms with Crippen molar-refractivity contribution >= 4 is 21.1 Å². The lowest BCUT2D eigenvalue weighted by atomic mass is 9.75. The zero-order chi connectivity index (χ0) is 14.6. The average Bonchev–Trinajstić information content (AvgIpc) is 2.83. The van der Waals surface area contributed by atoms with Gasteiger partial charge in [-0.3, -0.25) is 0 Å². The number of aromatic nitrogens is 1. The lowest BCUT2D eigenvalue weighted by Gasteiger charge is -2.40. The van der Waals surface area contributed by atoms with E-state index in [-0.39, 0.29) is 6.04 Å². The molecule has 0 saturated carbocycles. The molecule has 2 aromatic rings. The van der Waals surface area contributed by atoms with E-state index in [9.17, 15) is 8.42 Å². The fourth-order valence-corrected chi connectivity index (χ4v) is 4.51. The van der Waals surface area contributed by atoms with Crippen LogP contribution in [0.1, 0.15) is 23.5 Å². The van der Waals surface area contributed by atoms with Gasteiger partial charge in [-0.1, -0.05) is 12.1 Å². The largest absolute Gasteiger partial charge is 0.361 e. The first-order chi connectivity index (χ1) is 10.0.